The monoisotopic (exact) mass is 214 g/mol. The Balaban J connectivity index is 2.21. The maximum Gasteiger partial charge on any atom is 0.315 e. The summed E-state index contributed by atoms with van der Waals surface area (Å²) in [5.41, 5.74) is 0.430. The van der Waals surface area contributed by atoms with E-state index in [1.807, 2.05) is 0 Å². The predicted molar refractivity (Wildman–Crippen MR) is 59.7 cm³/mol. The summed E-state index contributed by atoms with van der Waals surface area (Å²) in [7, 11) is 0. The van der Waals surface area contributed by atoms with Crippen LogP contribution in [0, 0.1) is 5.41 Å². The summed E-state index contributed by atoms with van der Waals surface area (Å²) in [6.07, 6.45) is 4.44. The van der Waals surface area contributed by atoms with Crippen LogP contribution in [0.25, 0.3) is 0 Å². The highest BCUT2D eigenvalue weighted by atomic mass is 16.3. The molecular formula is C11H22N2O2. The van der Waals surface area contributed by atoms with Crippen molar-refractivity contribution in [2.24, 2.45) is 5.41 Å². The van der Waals surface area contributed by atoms with Crippen LogP contribution in [-0.2, 0) is 0 Å². The van der Waals surface area contributed by atoms with Crippen molar-refractivity contribution in [1.29, 1.82) is 0 Å². The highest BCUT2D eigenvalue weighted by Gasteiger charge is 2.27. The topological polar surface area (TPSA) is 61.4 Å². The van der Waals surface area contributed by atoms with E-state index in [0.717, 1.165) is 25.7 Å². The van der Waals surface area contributed by atoms with Crippen LogP contribution in [0.4, 0.5) is 4.79 Å². The van der Waals surface area contributed by atoms with Crippen molar-refractivity contribution in [3.63, 3.8) is 0 Å². The molecule has 1 fully saturated rings. The lowest BCUT2D eigenvalue weighted by Crippen LogP contribution is -2.45. The average Bonchev–Trinajstić information content (AvgIpc) is 2.18. The summed E-state index contributed by atoms with van der Waals surface area (Å²) in [4.78, 5) is 11.3. The molecule has 0 aromatic heterocycles. The third kappa shape index (κ3) is 4.51. The molecule has 4 nitrogen and oxygen atoms in total. The van der Waals surface area contributed by atoms with Crippen molar-refractivity contribution < 1.29 is 9.90 Å². The van der Waals surface area contributed by atoms with Gasteiger partial charge in [0.05, 0.1) is 6.61 Å². The SMILES string of the molecule is CC1(C)CCC(NC(=O)NCCO)CC1. The average molecular weight is 214 g/mol. The van der Waals surface area contributed by atoms with Gasteiger partial charge in [-0.1, -0.05) is 13.8 Å². The molecule has 0 bridgehead atoms. The number of aliphatic hydroxyl groups is 1. The van der Waals surface area contributed by atoms with E-state index < -0.39 is 0 Å². The summed E-state index contributed by atoms with van der Waals surface area (Å²) in [5.74, 6) is 0. The van der Waals surface area contributed by atoms with Crippen molar-refractivity contribution in [1.82, 2.24) is 10.6 Å². The minimum Gasteiger partial charge on any atom is -0.395 e. The second-order valence-electron chi connectivity index (χ2n) is 5.06. The quantitative estimate of drug-likeness (QED) is 0.662. The van der Waals surface area contributed by atoms with Gasteiger partial charge < -0.3 is 15.7 Å². The van der Waals surface area contributed by atoms with E-state index in [2.05, 4.69) is 24.5 Å². The number of hydrogen-bond acceptors (Lipinski definition) is 2. The number of urea groups is 1. The third-order valence-corrected chi connectivity index (χ3v) is 3.07. The number of amides is 2. The Morgan fingerprint density at radius 1 is 1.40 bits per heavy atom. The summed E-state index contributed by atoms with van der Waals surface area (Å²) in [6.45, 7) is 4.86. The van der Waals surface area contributed by atoms with Crippen LogP contribution in [0.15, 0.2) is 0 Å². The molecule has 0 heterocycles. The number of carbonyl (C=O) groups excluding carboxylic acids is 1. The second-order valence-corrected chi connectivity index (χ2v) is 5.06. The van der Waals surface area contributed by atoms with Crippen molar-refractivity contribution >= 4 is 6.03 Å². The van der Waals surface area contributed by atoms with E-state index >= 15 is 0 Å². The number of hydrogen-bond donors (Lipinski definition) is 3. The first-order valence-electron chi connectivity index (χ1n) is 5.69. The van der Waals surface area contributed by atoms with Gasteiger partial charge in [0.25, 0.3) is 0 Å². The molecule has 3 N–H and O–H groups in total. The molecule has 1 aliphatic rings. The summed E-state index contributed by atoms with van der Waals surface area (Å²) in [5, 5.41) is 14.1. The zero-order valence-electron chi connectivity index (χ0n) is 9.68. The van der Waals surface area contributed by atoms with E-state index in [1.54, 1.807) is 0 Å². The highest BCUT2D eigenvalue weighted by Crippen LogP contribution is 2.34. The van der Waals surface area contributed by atoms with Gasteiger partial charge in [0.2, 0.25) is 0 Å². The number of aliphatic hydroxyl groups excluding tert-OH is 1. The van der Waals surface area contributed by atoms with Gasteiger partial charge >= 0.3 is 6.03 Å². The maximum absolute atomic E-state index is 11.3. The third-order valence-electron chi connectivity index (χ3n) is 3.07. The first kappa shape index (κ1) is 12.3. The van der Waals surface area contributed by atoms with E-state index in [0.29, 0.717) is 18.0 Å². The Morgan fingerprint density at radius 2 is 2.00 bits per heavy atom. The summed E-state index contributed by atoms with van der Waals surface area (Å²) < 4.78 is 0. The Hall–Kier alpha value is -0.770. The molecule has 0 aliphatic heterocycles. The summed E-state index contributed by atoms with van der Waals surface area (Å²) >= 11 is 0. The lowest BCUT2D eigenvalue weighted by Gasteiger charge is -2.34. The molecule has 2 amide bonds. The standard InChI is InChI=1S/C11H22N2O2/c1-11(2)5-3-9(4-6-11)13-10(15)12-7-8-14/h9,14H,3-8H2,1-2H3,(H2,12,13,15). The van der Waals surface area contributed by atoms with Crippen LogP contribution in [-0.4, -0.2) is 30.3 Å². The zero-order valence-corrected chi connectivity index (χ0v) is 9.68. The van der Waals surface area contributed by atoms with E-state index in [-0.39, 0.29) is 12.6 Å². The van der Waals surface area contributed by atoms with E-state index in [9.17, 15) is 4.79 Å². The predicted octanol–water partition coefficient (Wildman–Crippen LogP) is 1.25. The fraction of sp³-hybridized carbons (Fsp3) is 0.909. The smallest absolute Gasteiger partial charge is 0.315 e. The molecule has 0 aromatic carbocycles. The van der Waals surface area contributed by atoms with Crippen molar-refractivity contribution in [3.8, 4) is 0 Å². The van der Waals surface area contributed by atoms with Gasteiger partial charge in [0.15, 0.2) is 0 Å². The molecule has 15 heavy (non-hydrogen) atoms. The van der Waals surface area contributed by atoms with Gasteiger partial charge in [-0.2, -0.15) is 0 Å². The minimum atomic E-state index is -0.159. The first-order valence-corrected chi connectivity index (χ1v) is 5.69. The van der Waals surface area contributed by atoms with Crippen molar-refractivity contribution in [2.45, 2.75) is 45.6 Å². The molecule has 4 heteroatoms. The van der Waals surface area contributed by atoms with Crippen LogP contribution in [0.2, 0.25) is 0 Å². The molecule has 1 aliphatic carbocycles. The molecule has 88 valence electrons. The summed E-state index contributed by atoms with van der Waals surface area (Å²) in [6, 6.07) is 0.144. The van der Waals surface area contributed by atoms with Crippen LogP contribution >= 0.6 is 0 Å². The molecule has 0 atom stereocenters. The Kier molecular flexibility index (Phi) is 4.39. The number of rotatable bonds is 3. The van der Waals surface area contributed by atoms with Gasteiger partial charge in [-0.15, -0.1) is 0 Å². The largest absolute Gasteiger partial charge is 0.395 e. The Morgan fingerprint density at radius 3 is 2.53 bits per heavy atom. The van der Waals surface area contributed by atoms with E-state index in [1.165, 1.54) is 0 Å². The van der Waals surface area contributed by atoms with Crippen LogP contribution in [0.5, 0.6) is 0 Å². The normalized spacial score (nSPS) is 21.0. The lowest BCUT2D eigenvalue weighted by molar-refractivity contribution is 0.196. The van der Waals surface area contributed by atoms with Crippen LogP contribution in [0.1, 0.15) is 39.5 Å². The zero-order chi connectivity index (χ0) is 11.3. The Labute approximate surface area is 91.4 Å². The van der Waals surface area contributed by atoms with Crippen LogP contribution in [0.3, 0.4) is 0 Å². The number of carbonyl (C=O) groups is 1. The van der Waals surface area contributed by atoms with Crippen molar-refractivity contribution in [3.05, 3.63) is 0 Å². The van der Waals surface area contributed by atoms with Crippen molar-refractivity contribution in [2.75, 3.05) is 13.2 Å². The van der Waals surface area contributed by atoms with Gasteiger partial charge in [-0.05, 0) is 31.1 Å². The first-order chi connectivity index (χ1) is 7.03. The highest BCUT2D eigenvalue weighted by molar-refractivity contribution is 5.74. The molecule has 1 saturated carbocycles. The van der Waals surface area contributed by atoms with Gasteiger partial charge in [0, 0.05) is 12.6 Å². The maximum atomic E-state index is 11.3. The molecule has 0 unspecified atom stereocenters. The molecule has 0 saturated heterocycles. The minimum absolute atomic E-state index is 0.00881. The molecular weight excluding hydrogens is 192 g/mol. The fourth-order valence-corrected chi connectivity index (χ4v) is 1.95. The second kappa shape index (κ2) is 5.35. The lowest BCUT2D eigenvalue weighted by atomic mass is 9.76. The number of nitrogens with one attached hydrogen (secondary N) is 2. The molecule has 0 radical (unpaired) electrons. The Bertz CT molecular complexity index is 207. The van der Waals surface area contributed by atoms with Gasteiger partial charge in [0.1, 0.15) is 0 Å². The van der Waals surface area contributed by atoms with Gasteiger partial charge in [-0.25, -0.2) is 4.79 Å². The van der Waals surface area contributed by atoms with Gasteiger partial charge in [-0.3, -0.25) is 0 Å². The van der Waals surface area contributed by atoms with Crippen LogP contribution < -0.4 is 10.6 Å². The molecule has 0 spiro atoms. The fourth-order valence-electron chi connectivity index (χ4n) is 1.95. The molecule has 1 rings (SSSR count). The van der Waals surface area contributed by atoms with E-state index in [4.69, 9.17) is 5.11 Å². The molecule has 0 aromatic rings.